The van der Waals surface area contributed by atoms with Gasteiger partial charge in [-0.15, -0.1) is 0 Å². The summed E-state index contributed by atoms with van der Waals surface area (Å²) in [6.07, 6.45) is 10.4. The van der Waals surface area contributed by atoms with E-state index >= 15 is 0 Å². The number of aryl methyl sites for hydroxylation is 2. The van der Waals surface area contributed by atoms with Gasteiger partial charge in [-0.05, 0) is 41.5 Å². The maximum Gasteiger partial charge on any atom is 0.252 e. The van der Waals surface area contributed by atoms with E-state index in [0.29, 0.717) is 12.5 Å². The molecule has 0 fully saturated rings. The number of benzene rings is 1. The van der Waals surface area contributed by atoms with Crippen molar-refractivity contribution >= 4 is 11.6 Å². The number of rotatable bonds is 2. The number of amides is 1. The molecule has 1 aromatic carbocycles. The van der Waals surface area contributed by atoms with Crippen molar-refractivity contribution < 1.29 is 4.79 Å². The summed E-state index contributed by atoms with van der Waals surface area (Å²) in [5, 5.41) is 7.79. The third-order valence-corrected chi connectivity index (χ3v) is 6.93. The van der Waals surface area contributed by atoms with Gasteiger partial charge in [0.1, 0.15) is 0 Å². The van der Waals surface area contributed by atoms with Crippen molar-refractivity contribution in [1.82, 2.24) is 15.1 Å². The molecule has 0 saturated heterocycles. The summed E-state index contributed by atoms with van der Waals surface area (Å²) in [6.45, 7) is 6.12. The quantitative estimate of drug-likeness (QED) is 0.811. The Balaban J connectivity index is 1.70. The van der Waals surface area contributed by atoms with Gasteiger partial charge in [-0.2, -0.15) is 5.10 Å². The van der Waals surface area contributed by atoms with Crippen molar-refractivity contribution in [3.05, 3.63) is 58.1 Å². The first-order valence-electron chi connectivity index (χ1n) is 10.9. The molecule has 0 saturated carbocycles. The van der Waals surface area contributed by atoms with Crippen molar-refractivity contribution in [3.63, 3.8) is 0 Å². The van der Waals surface area contributed by atoms with E-state index in [1.54, 1.807) is 0 Å². The Labute approximate surface area is 176 Å². The van der Waals surface area contributed by atoms with Crippen molar-refractivity contribution in [2.45, 2.75) is 45.2 Å². The molecular weight excluding hydrogens is 374 g/mol. The predicted molar refractivity (Wildman–Crippen MR) is 117 cm³/mol. The van der Waals surface area contributed by atoms with E-state index in [4.69, 9.17) is 5.73 Å². The second kappa shape index (κ2) is 6.00. The predicted octanol–water partition coefficient (Wildman–Crippen LogP) is 2.77. The van der Waals surface area contributed by atoms with Gasteiger partial charge in [0.15, 0.2) is 0 Å². The van der Waals surface area contributed by atoms with Gasteiger partial charge in [0, 0.05) is 54.8 Å². The van der Waals surface area contributed by atoms with Gasteiger partial charge < -0.3 is 16.0 Å². The first-order valence-corrected chi connectivity index (χ1v) is 10.9. The van der Waals surface area contributed by atoms with Gasteiger partial charge in [0.05, 0.1) is 17.3 Å². The van der Waals surface area contributed by atoms with Crippen LogP contribution in [-0.4, -0.2) is 28.3 Å². The van der Waals surface area contributed by atoms with Crippen molar-refractivity contribution in [2.75, 3.05) is 11.4 Å². The van der Waals surface area contributed by atoms with Crippen LogP contribution in [0, 0.1) is 5.92 Å². The minimum Gasteiger partial charge on any atom is -0.399 e. The van der Waals surface area contributed by atoms with Crippen molar-refractivity contribution in [1.29, 1.82) is 0 Å². The number of allylic oxidation sites excluding steroid dienone is 1. The number of carbonyl (C=O) groups excluding carboxylic acids is 1. The standard InChI is InChI=1S/C24H27N5O/c1-12(2)10-29-19-7-4-13(25)8-15(19)21-16-9-26-24(30)22(16)20-14(23(21)29)5-6-18-17(20)11-28(3)27-18/h4,7-8,11-12,15,19H,5-6,9-10,25H2,1-3H3,(H,26,30). The SMILES string of the molecule is CC(C)CN1c2c3c(c4c(c2C2C=C(N)C=CC21)CNC4=O)-c1cn(C)nc1CC3. The maximum absolute atomic E-state index is 13.0. The first-order chi connectivity index (χ1) is 14.4. The highest BCUT2D eigenvalue weighted by molar-refractivity contribution is 6.08. The first kappa shape index (κ1) is 17.8. The van der Waals surface area contributed by atoms with Crippen LogP contribution in [-0.2, 0) is 26.4 Å². The number of nitrogens with zero attached hydrogens (tertiary/aromatic N) is 3. The zero-order valence-electron chi connectivity index (χ0n) is 17.7. The molecule has 30 heavy (non-hydrogen) atoms. The summed E-state index contributed by atoms with van der Waals surface area (Å²) in [7, 11) is 1.96. The van der Waals surface area contributed by atoms with E-state index < -0.39 is 0 Å². The number of hydrogen-bond donors (Lipinski definition) is 2. The maximum atomic E-state index is 13.0. The Kier molecular flexibility index (Phi) is 3.56. The lowest BCUT2D eigenvalue weighted by molar-refractivity contribution is 0.0966. The lowest BCUT2D eigenvalue weighted by atomic mass is 9.79. The smallest absolute Gasteiger partial charge is 0.252 e. The zero-order valence-corrected chi connectivity index (χ0v) is 17.7. The topological polar surface area (TPSA) is 76.2 Å². The fourth-order valence-electron chi connectivity index (χ4n) is 5.95. The Morgan fingerprint density at radius 3 is 2.90 bits per heavy atom. The van der Waals surface area contributed by atoms with Crippen LogP contribution in [0.15, 0.2) is 30.1 Å². The molecule has 0 bridgehead atoms. The number of hydrogen-bond acceptors (Lipinski definition) is 4. The van der Waals surface area contributed by atoms with Crippen LogP contribution in [0.5, 0.6) is 0 Å². The third kappa shape index (κ3) is 2.25. The average Bonchev–Trinajstić information content (AvgIpc) is 3.35. The molecule has 4 aliphatic rings. The summed E-state index contributed by atoms with van der Waals surface area (Å²) < 4.78 is 1.88. The monoisotopic (exact) mass is 401 g/mol. The number of nitrogens with one attached hydrogen (secondary N) is 1. The van der Waals surface area contributed by atoms with E-state index in [2.05, 4.69) is 47.5 Å². The molecule has 2 aliphatic heterocycles. The Morgan fingerprint density at radius 2 is 2.10 bits per heavy atom. The molecule has 3 heterocycles. The van der Waals surface area contributed by atoms with Crippen LogP contribution >= 0.6 is 0 Å². The summed E-state index contributed by atoms with van der Waals surface area (Å²) >= 11 is 0. The number of carbonyl (C=O) groups is 1. The fraction of sp³-hybridized carbons (Fsp3) is 0.417. The van der Waals surface area contributed by atoms with Crippen molar-refractivity contribution in [3.8, 4) is 11.1 Å². The Morgan fingerprint density at radius 1 is 1.27 bits per heavy atom. The molecular formula is C24H27N5O. The molecule has 2 aromatic rings. The van der Waals surface area contributed by atoms with Crippen LogP contribution in [0.4, 0.5) is 5.69 Å². The van der Waals surface area contributed by atoms with E-state index in [0.717, 1.165) is 53.0 Å². The summed E-state index contributed by atoms with van der Waals surface area (Å²) in [4.78, 5) is 15.6. The average molecular weight is 402 g/mol. The Bertz CT molecular complexity index is 1170. The van der Waals surface area contributed by atoms with E-state index in [1.165, 1.54) is 16.8 Å². The van der Waals surface area contributed by atoms with E-state index in [9.17, 15) is 4.79 Å². The summed E-state index contributed by atoms with van der Waals surface area (Å²) in [6, 6.07) is 0.260. The van der Waals surface area contributed by atoms with Crippen LogP contribution in [0.3, 0.4) is 0 Å². The molecule has 6 rings (SSSR count). The Hall–Kier alpha value is -3.02. The summed E-state index contributed by atoms with van der Waals surface area (Å²) in [5.74, 6) is 0.781. The lowest BCUT2D eigenvalue weighted by Gasteiger charge is -2.32. The van der Waals surface area contributed by atoms with Crippen LogP contribution in [0.2, 0.25) is 0 Å². The van der Waals surface area contributed by atoms with Gasteiger partial charge in [-0.25, -0.2) is 0 Å². The zero-order chi connectivity index (χ0) is 20.7. The van der Waals surface area contributed by atoms with Gasteiger partial charge in [-0.1, -0.05) is 26.0 Å². The number of aromatic nitrogens is 2. The molecule has 2 atom stereocenters. The van der Waals surface area contributed by atoms with E-state index in [1.807, 2.05) is 17.8 Å². The largest absolute Gasteiger partial charge is 0.399 e. The van der Waals surface area contributed by atoms with Gasteiger partial charge in [0.2, 0.25) is 0 Å². The molecule has 0 spiro atoms. The number of nitrogens with two attached hydrogens (primary N) is 1. The molecule has 154 valence electrons. The number of anilines is 1. The number of fused-ring (bicyclic) bond motifs is 10. The minimum absolute atomic E-state index is 0.0444. The molecule has 3 N–H and O–H groups in total. The van der Waals surface area contributed by atoms with Gasteiger partial charge >= 0.3 is 0 Å². The molecule has 2 unspecified atom stereocenters. The van der Waals surface area contributed by atoms with Crippen molar-refractivity contribution in [2.24, 2.45) is 18.7 Å². The van der Waals surface area contributed by atoms with Crippen LogP contribution in [0.25, 0.3) is 11.1 Å². The van der Waals surface area contributed by atoms with Crippen LogP contribution < -0.4 is 16.0 Å². The third-order valence-electron chi connectivity index (χ3n) is 6.93. The lowest BCUT2D eigenvalue weighted by Crippen LogP contribution is -2.36. The highest BCUT2D eigenvalue weighted by atomic mass is 16.1. The highest BCUT2D eigenvalue weighted by Gasteiger charge is 2.45. The molecule has 6 heteroatoms. The van der Waals surface area contributed by atoms with Gasteiger partial charge in [-0.3, -0.25) is 9.48 Å². The summed E-state index contributed by atoms with van der Waals surface area (Å²) in [5.41, 5.74) is 16.4. The second-order valence-corrected chi connectivity index (χ2v) is 9.40. The van der Waals surface area contributed by atoms with Crippen LogP contribution in [0.1, 0.15) is 52.5 Å². The van der Waals surface area contributed by atoms with E-state index in [-0.39, 0.29) is 17.9 Å². The normalized spacial score (nSPS) is 23.0. The second-order valence-electron chi connectivity index (χ2n) is 9.40. The molecule has 0 radical (unpaired) electrons. The fourth-order valence-corrected chi connectivity index (χ4v) is 5.95. The molecule has 6 nitrogen and oxygen atoms in total. The minimum atomic E-state index is 0.0444. The van der Waals surface area contributed by atoms with Gasteiger partial charge in [0.25, 0.3) is 5.91 Å². The molecule has 1 amide bonds. The molecule has 2 aliphatic carbocycles. The molecule has 1 aromatic heterocycles. The highest BCUT2D eigenvalue weighted by Crippen LogP contribution is 2.54.